The molecule has 134 valence electrons. The van der Waals surface area contributed by atoms with Crippen LogP contribution in [0.15, 0.2) is 9.41 Å². The molecule has 0 aliphatic carbocycles. The minimum Gasteiger partial charge on any atom is -0.444 e. The third kappa shape index (κ3) is 8.01. The molecule has 0 aromatic carbocycles. The summed E-state index contributed by atoms with van der Waals surface area (Å²) in [6.07, 6.45) is 0. The number of halogens is 1. The van der Waals surface area contributed by atoms with Crippen LogP contribution in [0.2, 0.25) is 0 Å². The molecule has 7 heteroatoms. The van der Waals surface area contributed by atoms with Crippen LogP contribution in [0.1, 0.15) is 45.0 Å². The second-order valence-corrected chi connectivity index (χ2v) is 5.59. The summed E-state index contributed by atoms with van der Waals surface area (Å²) in [6.45, 7) is 16.7. The van der Waals surface area contributed by atoms with Crippen molar-refractivity contribution in [1.82, 2.24) is 20.5 Å². The average Bonchev–Trinajstić information content (AvgIpc) is 2.79. The molecular formula is C16H32IN5O. The van der Waals surface area contributed by atoms with Gasteiger partial charge in [0, 0.05) is 25.7 Å². The molecule has 0 spiro atoms. The van der Waals surface area contributed by atoms with Crippen LogP contribution in [0, 0.1) is 13.8 Å². The Morgan fingerprint density at radius 3 is 2.43 bits per heavy atom. The summed E-state index contributed by atoms with van der Waals surface area (Å²) >= 11 is 0. The molecule has 0 aliphatic heterocycles. The van der Waals surface area contributed by atoms with E-state index in [-0.39, 0.29) is 24.0 Å². The third-order valence-electron chi connectivity index (χ3n) is 3.62. The lowest BCUT2D eigenvalue weighted by atomic mass is 10.3. The SMILES string of the molecule is CCNC(=NCc1nc(C)c(C)o1)NCCN(CC)C(C)C.I. The standard InChI is InChI=1S/C16H31N5O.HI/c1-7-17-16(18-9-10-21(8-2)12(3)4)19-11-15-20-13(5)14(6)22-15;/h12H,7-11H2,1-6H3,(H2,17,18,19);1H. The van der Waals surface area contributed by atoms with Gasteiger partial charge in [-0.2, -0.15) is 0 Å². The Morgan fingerprint density at radius 2 is 1.96 bits per heavy atom. The predicted molar refractivity (Wildman–Crippen MR) is 107 cm³/mol. The number of aromatic nitrogens is 1. The van der Waals surface area contributed by atoms with E-state index in [1.165, 1.54) is 0 Å². The van der Waals surface area contributed by atoms with Crippen LogP contribution in [0.25, 0.3) is 0 Å². The van der Waals surface area contributed by atoms with Crippen molar-refractivity contribution in [3.8, 4) is 0 Å². The molecule has 0 aliphatic rings. The lowest BCUT2D eigenvalue weighted by Crippen LogP contribution is -2.43. The summed E-state index contributed by atoms with van der Waals surface area (Å²) in [5.41, 5.74) is 0.929. The zero-order valence-electron chi connectivity index (χ0n) is 15.3. The van der Waals surface area contributed by atoms with Crippen molar-refractivity contribution < 1.29 is 4.42 Å². The number of hydrogen-bond acceptors (Lipinski definition) is 4. The van der Waals surface area contributed by atoms with Crippen LogP contribution in [0.5, 0.6) is 0 Å². The summed E-state index contributed by atoms with van der Waals surface area (Å²) < 4.78 is 5.55. The Kier molecular flexibility index (Phi) is 11.2. The quantitative estimate of drug-likeness (QED) is 0.372. The van der Waals surface area contributed by atoms with E-state index in [1.807, 2.05) is 13.8 Å². The van der Waals surface area contributed by atoms with Crippen LogP contribution in [-0.2, 0) is 6.54 Å². The summed E-state index contributed by atoms with van der Waals surface area (Å²) in [4.78, 5) is 11.3. The van der Waals surface area contributed by atoms with Crippen LogP contribution < -0.4 is 10.6 Å². The second kappa shape index (κ2) is 11.7. The Morgan fingerprint density at radius 1 is 1.26 bits per heavy atom. The van der Waals surface area contributed by atoms with E-state index in [2.05, 4.69) is 53.2 Å². The molecule has 23 heavy (non-hydrogen) atoms. The van der Waals surface area contributed by atoms with Crippen LogP contribution in [0.4, 0.5) is 0 Å². The molecule has 1 heterocycles. The van der Waals surface area contributed by atoms with Gasteiger partial charge in [-0.1, -0.05) is 6.92 Å². The number of rotatable bonds is 8. The highest BCUT2D eigenvalue weighted by atomic mass is 127. The molecule has 0 atom stereocenters. The van der Waals surface area contributed by atoms with Gasteiger partial charge in [-0.25, -0.2) is 9.98 Å². The first-order valence-electron chi connectivity index (χ1n) is 8.17. The number of aliphatic imine (C=N–C) groups is 1. The largest absolute Gasteiger partial charge is 0.444 e. The number of nitrogens with zero attached hydrogens (tertiary/aromatic N) is 3. The van der Waals surface area contributed by atoms with Gasteiger partial charge in [0.25, 0.3) is 0 Å². The van der Waals surface area contributed by atoms with E-state index >= 15 is 0 Å². The first kappa shape index (κ1) is 22.2. The van der Waals surface area contributed by atoms with Gasteiger partial charge in [0.2, 0.25) is 5.89 Å². The maximum Gasteiger partial charge on any atom is 0.216 e. The molecule has 0 fully saturated rings. The molecular weight excluding hydrogens is 405 g/mol. The summed E-state index contributed by atoms with van der Waals surface area (Å²) in [7, 11) is 0. The number of hydrogen-bond donors (Lipinski definition) is 2. The van der Waals surface area contributed by atoms with Crippen LogP contribution >= 0.6 is 24.0 Å². The summed E-state index contributed by atoms with van der Waals surface area (Å²) in [6, 6.07) is 0.560. The second-order valence-electron chi connectivity index (χ2n) is 5.59. The van der Waals surface area contributed by atoms with Crippen molar-refractivity contribution in [3.05, 3.63) is 17.3 Å². The van der Waals surface area contributed by atoms with E-state index in [1.54, 1.807) is 0 Å². The monoisotopic (exact) mass is 437 g/mol. The Labute approximate surface area is 157 Å². The molecule has 0 saturated heterocycles. The van der Waals surface area contributed by atoms with Gasteiger partial charge in [0.1, 0.15) is 12.3 Å². The molecule has 0 amide bonds. The van der Waals surface area contributed by atoms with Crippen molar-refractivity contribution in [2.75, 3.05) is 26.2 Å². The molecule has 0 unspecified atom stereocenters. The zero-order chi connectivity index (χ0) is 16.5. The molecule has 1 rings (SSSR count). The van der Waals surface area contributed by atoms with Gasteiger partial charge < -0.3 is 15.1 Å². The number of likely N-dealkylation sites (N-methyl/N-ethyl adjacent to an activating group) is 1. The third-order valence-corrected chi connectivity index (χ3v) is 3.62. The van der Waals surface area contributed by atoms with E-state index in [0.29, 0.717) is 18.5 Å². The van der Waals surface area contributed by atoms with Crippen molar-refractivity contribution in [2.24, 2.45) is 4.99 Å². The molecule has 0 saturated carbocycles. The fourth-order valence-electron chi connectivity index (χ4n) is 2.19. The first-order valence-corrected chi connectivity index (χ1v) is 8.17. The van der Waals surface area contributed by atoms with Gasteiger partial charge in [0.15, 0.2) is 5.96 Å². The van der Waals surface area contributed by atoms with E-state index in [0.717, 1.165) is 43.6 Å². The topological polar surface area (TPSA) is 65.7 Å². The summed E-state index contributed by atoms with van der Waals surface area (Å²) in [5.74, 6) is 2.32. The number of nitrogens with one attached hydrogen (secondary N) is 2. The van der Waals surface area contributed by atoms with E-state index in [4.69, 9.17) is 4.42 Å². The number of oxazole rings is 1. The van der Waals surface area contributed by atoms with Crippen molar-refractivity contribution in [2.45, 2.75) is 54.1 Å². The van der Waals surface area contributed by atoms with Gasteiger partial charge in [-0.3, -0.25) is 4.90 Å². The van der Waals surface area contributed by atoms with Crippen molar-refractivity contribution in [1.29, 1.82) is 0 Å². The highest BCUT2D eigenvalue weighted by Crippen LogP contribution is 2.08. The highest BCUT2D eigenvalue weighted by molar-refractivity contribution is 14.0. The molecule has 6 nitrogen and oxygen atoms in total. The Balaban J connectivity index is 0.00000484. The normalized spacial score (nSPS) is 11.7. The predicted octanol–water partition coefficient (Wildman–Crippen LogP) is 2.69. The van der Waals surface area contributed by atoms with Crippen LogP contribution in [-0.4, -0.2) is 48.1 Å². The lowest BCUT2D eigenvalue weighted by Gasteiger charge is -2.25. The molecule has 1 aromatic rings. The smallest absolute Gasteiger partial charge is 0.216 e. The fraction of sp³-hybridized carbons (Fsp3) is 0.750. The van der Waals surface area contributed by atoms with Crippen molar-refractivity contribution >= 4 is 29.9 Å². The number of guanidine groups is 1. The maximum absolute atomic E-state index is 5.55. The first-order chi connectivity index (χ1) is 10.5. The van der Waals surface area contributed by atoms with Gasteiger partial charge in [0.05, 0.1) is 5.69 Å². The number of aryl methyl sites for hydroxylation is 2. The molecule has 0 bridgehead atoms. The molecule has 2 N–H and O–H groups in total. The average molecular weight is 437 g/mol. The maximum atomic E-state index is 5.55. The summed E-state index contributed by atoms with van der Waals surface area (Å²) in [5, 5.41) is 6.61. The van der Waals surface area contributed by atoms with E-state index < -0.39 is 0 Å². The molecule has 0 radical (unpaired) electrons. The highest BCUT2D eigenvalue weighted by Gasteiger charge is 2.08. The molecule has 1 aromatic heterocycles. The minimum atomic E-state index is 0. The fourth-order valence-corrected chi connectivity index (χ4v) is 2.19. The Hall–Kier alpha value is -0.830. The zero-order valence-corrected chi connectivity index (χ0v) is 17.6. The Bertz CT molecular complexity index is 454. The van der Waals surface area contributed by atoms with Crippen LogP contribution in [0.3, 0.4) is 0 Å². The van der Waals surface area contributed by atoms with Gasteiger partial charge >= 0.3 is 0 Å². The van der Waals surface area contributed by atoms with Gasteiger partial charge in [-0.15, -0.1) is 24.0 Å². The lowest BCUT2D eigenvalue weighted by molar-refractivity contribution is 0.237. The van der Waals surface area contributed by atoms with Crippen molar-refractivity contribution in [3.63, 3.8) is 0 Å². The minimum absolute atomic E-state index is 0. The van der Waals surface area contributed by atoms with Gasteiger partial charge in [-0.05, 0) is 41.2 Å². The van der Waals surface area contributed by atoms with E-state index in [9.17, 15) is 0 Å².